The summed E-state index contributed by atoms with van der Waals surface area (Å²) in [4.78, 5) is 0. The second kappa shape index (κ2) is 7.15. The molecular formula is C12H11F6O5S-. The Bertz CT molecular complexity index is 612. The monoisotopic (exact) mass is 381 g/mol. The van der Waals surface area contributed by atoms with Gasteiger partial charge in [-0.25, -0.2) is 8.42 Å². The predicted octanol–water partition coefficient (Wildman–Crippen LogP) is 2.49. The third-order valence-electron chi connectivity index (χ3n) is 2.74. The number of halogens is 6. The Hall–Kier alpha value is -1.53. The second-order valence-electron chi connectivity index (χ2n) is 4.53. The molecule has 1 aromatic rings. The Balaban J connectivity index is 2.93. The molecule has 1 rings (SSSR count). The topological polar surface area (TPSA) is 75.7 Å². The van der Waals surface area contributed by atoms with Crippen LogP contribution in [0, 0.1) is 0 Å². The molecule has 0 saturated carbocycles. The predicted molar refractivity (Wildman–Crippen MR) is 67.3 cm³/mol. The maximum Gasteiger partial charge on any atom is 0.427 e. The van der Waals surface area contributed by atoms with E-state index in [1.807, 2.05) is 0 Å². The zero-order chi connectivity index (χ0) is 18.6. The van der Waals surface area contributed by atoms with Crippen molar-refractivity contribution in [2.45, 2.75) is 18.0 Å². The van der Waals surface area contributed by atoms with Crippen molar-refractivity contribution >= 4 is 10.1 Å². The van der Waals surface area contributed by atoms with Crippen molar-refractivity contribution in [3.05, 3.63) is 30.3 Å². The fourth-order valence-corrected chi connectivity index (χ4v) is 2.58. The molecule has 12 heteroatoms. The van der Waals surface area contributed by atoms with Crippen LogP contribution in [0.4, 0.5) is 26.3 Å². The Kier molecular flexibility index (Phi) is 6.11. The first-order valence-corrected chi connectivity index (χ1v) is 7.75. The minimum atomic E-state index is -6.17. The summed E-state index contributed by atoms with van der Waals surface area (Å²) in [7, 11) is -5.89. The van der Waals surface area contributed by atoms with Gasteiger partial charge in [-0.1, -0.05) is 18.2 Å². The molecule has 0 N–H and O–H groups in total. The van der Waals surface area contributed by atoms with Crippen LogP contribution in [0.3, 0.4) is 0 Å². The molecule has 1 aromatic carbocycles. The van der Waals surface area contributed by atoms with E-state index in [1.54, 1.807) is 6.07 Å². The molecule has 0 amide bonds. The van der Waals surface area contributed by atoms with Crippen LogP contribution in [0.5, 0.6) is 5.75 Å². The first kappa shape index (κ1) is 20.5. The summed E-state index contributed by atoms with van der Waals surface area (Å²) in [5.41, 5.74) is -5.12. The summed E-state index contributed by atoms with van der Waals surface area (Å²) in [6, 6.07) is 7.40. The van der Waals surface area contributed by atoms with Gasteiger partial charge in [0, 0.05) is 0 Å². The van der Waals surface area contributed by atoms with Crippen molar-refractivity contribution in [1.29, 1.82) is 0 Å². The molecule has 0 unspecified atom stereocenters. The summed E-state index contributed by atoms with van der Waals surface area (Å²) < 4.78 is 117. The van der Waals surface area contributed by atoms with Crippen molar-refractivity contribution in [3.8, 4) is 5.75 Å². The highest BCUT2D eigenvalue weighted by Crippen LogP contribution is 2.46. The van der Waals surface area contributed by atoms with E-state index in [0.29, 0.717) is 0 Å². The van der Waals surface area contributed by atoms with Gasteiger partial charge in [0.1, 0.15) is 12.4 Å². The highest BCUT2D eigenvalue weighted by molar-refractivity contribution is 7.85. The standard InChI is InChI=1S/C12H12F6O5S/c13-11(14,15)10(12(16,17)18,8-24(19,20)21)23-7-6-22-9-4-2-1-3-5-9/h1-5H,6-8H2,(H,19,20,21)/p-1. The molecule has 0 saturated heterocycles. The Morgan fingerprint density at radius 1 is 0.917 bits per heavy atom. The lowest BCUT2D eigenvalue weighted by atomic mass is 10.1. The lowest BCUT2D eigenvalue weighted by Gasteiger charge is -2.37. The summed E-state index contributed by atoms with van der Waals surface area (Å²) in [5, 5.41) is 0. The van der Waals surface area contributed by atoms with Crippen molar-refractivity contribution in [2.75, 3.05) is 19.0 Å². The van der Waals surface area contributed by atoms with E-state index in [9.17, 15) is 39.3 Å². The molecule has 0 aliphatic heterocycles. The van der Waals surface area contributed by atoms with Crippen LogP contribution in [0.1, 0.15) is 0 Å². The lowest BCUT2D eigenvalue weighted by Crippen LogP contribution is -2.63. The average molecular weight is 381 g/mol. The Labute approximate surface area is 132 Å². The van der Waals surface area contributed by atoms with E-state index in [2.05, 4.69) is 4.74 Å². The zero-order valence-corrected chi connectivity index (χ0v) is 12.5. The first-order valence-electron chi connectivity index (χ1n) is 6.17. The summed E-state index contributed by atoms with van der Waals surface area (Å²) in [6.45, 7) is -1.97. The van der Waals surface area contributed by atoms with Gasteiger partial charge >= 0.3 is 12.4 Å². The Morgan fingerprint density at radius 2 is 1.42 bits per heavy atom. The van der Waals surface area contributed by atoms with E-state index in [0.717, 1.165) is 0 Å². The molecule has 0 atom stereocenters. The zero-order valence-electron chi connectivity index (χ0n) is 11.7. The van der Waals surface area contributed by atoms with Crippen LogP contribution in [-0.2, 0) is 14.9 Å². The SMILES string of the molecule is O=S(=O)([O-])CC(OCCOc1ccccc1)(C(F)(F)F)C(F)(F)F. The fourth-order valence-electron chi connectivity index (χ4n) is 1.67. The van der Waals surface area contributed by atoms with Crippen LogP contribution in [0.25, 0.3) is 0 Å². The van der Waals surface area contributed by atoms with E-state index in [4.69, 9.17) is 4.74 Å². The van der Waals surface area contributed by atoms with Crippen molar-refractivity contribution in [2.24, 2.45) is 0 Å². The van der Waals surface area contributed by atoms with Crippen molar-refractivity contribution in [3.63, 3.8) is 0 Å². The smallest absolute Gasteiger partial charge is 0.427 e. The number of hydrogen-bond acceptors (Lipinski definition) is 5. The van der Waals surface area contributed by atoms with Gasteiger partial charge in [0.15, 0.2) is 0 Å². The minimum Gasteiger partial charge on any atom is -0.748 e. The first-order chi connectivity index (χ1) is 10.8. The van der Waals surface area contributed by atoms with Gasteiger partial charge in [0.05, 0.1) is 22.5 Å². The van der Waals surface area contributed by atoms with E-state index in [-0.39, 0.29) is 5.75 Å². The minimum absolute atomic E-state index is 0.155. The molecule has 5 nitrogen and oxygen atoms in total. The van der Waals surface area contributed by atoms with E-state index < -0.39 is 47.0 Å². The van der Waals surface area contributed by atoms with Crippen molar-refractivity contribution in [1.82, 2.24) is 0 Å². The molecule has 0 heterocycles. The van der Waals surface area contributed by atoms with Gasteiger partial charge in [-0.05, 0) is 12.1 Å². The van der Waals surface area contributed by atoms with Crippen LogP contribution in [-0.4, -0.2) is 49.9 Å². The fraction of sp³-hybridized carbons (Fsp3) is 0.500. The summed E-state index contributed by atoms with van der Waals surface area (Å²) in [6.07, 6.45) is -12.3. The maximum absolute atomic E-state index is 12.9. The van der Waals surface area contributed by atoms with Crippen LogP contribution in [0.15, 0.2) is 30.3 Å². The van der Waals surface area contributed by atoms with Gasteiger partial charge in [0.25, 0.3) is 5.60 Å². The van der Waals surface area contributed by atoms with Crippen LogP contribution in [0.2, 0.25) is 0 Å². The lowest BCUT2D eigenvalue weighted by molar-refractivity contribution is -0.372. The molecule has 0 bridgehead atoms. The highest BCUT2D eigenvalue weighted by Gasteiger charge is 2.73. The molecule has 138 valence electrons. The second-order valence-corrected chi connectivity index (χ2v) is 5.94. The molecule has 0 spiro atoms. The van der Waals surface area contributed by atoms with E-state index >= 15 is 0 Å². The molecule has 0 aliphatic carbocycles. The number of para-hydroxylation sites is 1. The number of alkyl halides is 6. The summed E-state index contributed by atoms with van der Waals surface area (Å²) in [5.74, 6) is -2.67. The quantitative estimate of drug-likeness (QED) is 0.412. The third-order valence-corrected chi connectivity index (χ3v) is 3.50. The molecular weight excluding hydrogens is 370 g/mol. The number of benzene rings is 1. The van der Waals surface area contributed by atoms with Gasteiger partial charge in [-0.3, -0.25) is 0 Å². The maximum atomic E-state index is 12.9. The molecule has 0 aliphatic rings. The normalized spacial score (nSPS) is 13.8. The number of ether oxygens (including phenoxy) is 2. The molecule has 0 aromatic heterocycles. The molecule has 0 fully saturated rings. The molecule has 0 radical (unpaired) electrons. The van der Waals surface area contributed by atoms with Gasteiger partial charge < -0.3 is 14.0 Å². The van der Waals surface area contributed by atoms with Crippen LogP contribution >= 0.6 is 0 Å². The number of hydrogen-bond donors (Lipinski definition) is 0. The summed E-state index contributed by atoms with van der Waals surface area (Å²) >= 11 is 0. The van der Waals surface area contributed by atoms with Crippen molar-refractivity contribution < 1.29 is 48.8 Å². The molecule has 24 heavy (non-hydrogen) atoms. The van der Waals surface area contributed by atoms with Crippen LogP contribution < -0.4 is 4.74 Å². The van der Waals surface area contributed by atoms with E-state index in [1.165, 1.54) is 24.3 Å². The average Bonchev–Trinajstić information content (AvgIpc) is 2.39. The largest absolute Gasteiger partial charge is 0.748 e. The highest BCUT2D eigenvalue weighted by atomic mass is 32.2. The van der Waals surface area contributed by atoms with Gasteiger partial charge in [0.2, 0.25) is 0 Å². The third kappa shape index (κ3) is 5.24. The number of rotatable bonds is 7. The van der Waals surface area contributed by atoms with Gasteiger partial charge in [-0.2, -0.15) is 26.3 Å². The Morgan fingerprint density at radius 3 is 1.83 bits per heavy atom. The van der Waals surface area contributed by atoms with Gasteiger partial charge in [-0.15, -0.1) is 0 Å².